The van der Waals surface area contributed by atoms with Crippen LogP contribution in [-0.2, 0) is 9.47 Å². The van der Waals surface area contributed by atoms with Crippen molar-refractivity contribution in [1.82, 2.24) is 9.97 Å². The number of anilines is 1. The Labute approximate surface area is 290 Å². The predicted molar refractivity (Wildman–Crippen MR) is 190 cm³/mol. The van der Waals surface area contributed by atoms with Gasteiger partial charge in [-0.2, -0.15) is 0 Å². The second-order valence-electron chi connectivity index (χ2n) is 10.0. The van der Waals surface area contributed by atoms with Crippen LogP contribution in [0.25, 0.3) is 22.9 Å². The van der Waals surface area contributed by atoms with E-state index in [2.05, 4.69) is 9.97 Å². The summed E-state index contributed by atoms with van der Waals surface area (Å²) in [4.78, 5) is 38.3. The summed E-state index contributed by atoms with van der Waals surface area (Å²) in [5.74, 6) is 1.09. The summed E-state index contributed by atoms with van der Waals surface area (Å²) in [7, 11) is 0. The minimum Gasteiger partial charge on any atom is -0.445 e. The Kier molecular flexibility index (Phi) is 18.6. The van der Waals surface area contributed by atoms with Crippen LogP contribution in [0.3, 0.4) is 0 Å². The van der Waals surface area contributed by atoms with E-state index in [1.165, 1.54) is 36.7 Å². The summed E-state index contributed by atoms with van der Waals surface area (Å²) in [6.45, 7) is 10.8. The fourth-order valence-electron chi connectivity index (χ4n) is 4.05. The van der Waals surface area contributed by atoms with Crippen LogP contribution in [0.2, 0.25) is 0 Å². The fraction of sp³-hybridized carbons (Fsp3) is 0.286. The van der Waals surface area contributed by atoms with Crippen molar-refractivity contribution < 1.29 is 32.9 Å². The Balaban J connectivity index is 0.000000337. The molecule has 0 aliphatic heterocycles. The quantitative estimate of drug-likeness (QED) is 0.0476. The van der Waals surface area contributed by atoms with Crippen LogP contribution in [0, 0.1) is 41.0 Å². The van der Waals surface area contributed by atoms with Gasteiger partial charge in [-0.15, -0.1) is 0 Å². The number of aryl methyl sites for hydroxylation is 3. The normalized spacial score (nSPS) is 9.90. The first-order chi connectivity index (χ1) is 23.4. The van der Waals surface area contributed by atoms with E-state index in [-0.39, 0.29) is 25.1 Å². The zero-order valence-corrected chi connectivity index (χ0v) is 27.9. The topological polar surface area (TPSA) is 226 Å². The lowest BCUT2D eigenvalue weighted by molar-refractivity contribution is -0.385. The average molecular weight is 693 g/mol. The van der Waals surface area contributed by atoms with Crippen LogP contribution in [0.4, 0.5) is 17.1 Å². The van der Waals surface area contributed by atoms with E-state index in [0.29, 0.717) is 54.5 Å². The van der Waals surface area contributed by atoms with Crippen molar-refractivity contribution in [1.29, 1.82) is 0 Å². The van der Waals surface area contributed by atoms with Gasteiger partial charge in [-0.05, 0) is 82.6 Å². The molecule has 0 aliphatic carbocycles. The summed E-state index contributed by atoms with van der Waals surface area (Å²) in [6.07, 6.45) is 6.64. The summed E-state index contributed by atoms with van der Waals surface area (Å²) in [6, 6.07) is 14.7. The average Bonchev–Trinajstić information content (AvgIpc) is 3.82. The molecule has 0 unspecified atom stereocenters. The van der Waals surface area contributed by atoms with Crippen LogP contribution >= 0.6 is 0 Å². The standard InChI is InChI=1S/C10H8N2O3.C10H10N2O.C8H7NO3.C6H15NO2.CH4/c1-7-6-8(10-11-4-5-15-10)2-3-9(7)12(13)14;1-7-6-8(2-3-9(7)11)10-12-4-5-13-10;1-6-4-7(5-10)2-3-8(6)9(11)12;1-3-8-6(5-7)9-4-2;/h2-6H,1H3;2-6H,11H2,1H3;2-5H,1H3;6H,3-5,7H2,1-2H3;1H4. The number of benzene rings is 3. The van der Waals surface area contributed by atoms with Crippen molar-refractivity contribution in [2.24, 2.45) is 5.73 Å². The molecule has 0 bridgehead atoms. The first-order valence-electron chi connectivity index (χ1n) is 15.0. The van der Waals surface area contributed by atoms with Crippen LogP contribution in [0.5, 0.6) is 0 Å². The Morgan fingerprint density at radius 3 is 1.60 bits per heavy atom. The predicted octanol–water partition coefficient (Wildman–Crippen LogP) is 7.49. The van der Waals surface area contributed by atoms with Crippen molar-refractivity contribution in [2.75, 3.05) is 25.5 Å². The highest BCUT2D eigenvalue weighted by Gasteiger charge is 2.12. The third-order valence-electron chi connectivity index (χ3n) is 6.47. The molecule has 50 heavy (non-hydrogen) atoms. The van der Waals surface area contributed by atoms with Crippen LogP contribution in [-0.4, -0.2) is 52.1 Å². The summed E-state index contributed by atoms with van der Waals surface area (Å²) < 4.78 is 20.4. The highest BCUT2D eigenvalue weighted by molar-refractivity contribution is 5.76. The molecule has 0 atom stereocenters. The summed E-state index contributed by atoms with van der Waals surface area (Å²) in [5.41, 5.74) is 16.2. The van der Waals surface area contributed by atoms with Crippen LogP contribution in [0.1, 0.15) is 48.3 Å². The molecule has 0 aliphatic rings. The lowest BCUT2D eigenvalue weighted by atomic mass is 10.1. The van der Waals surface area contributed by atoms with Crippen molar-refractivity contribution in [3.63, 3.8) is 0 Å². The molecule has 0 radical (unpaired) electrons. The third kappa shape index (κ3) is 13.4. The molecular weight excluding hydrogens is 648 g/mol. The molecule has 5 rings (SSSR count). The van der Waals surface area contributed by atoms with Gasteiger partial charge in [0.05, 0.1) is 22.2 Å². The van der Waals surface area contributed by atoms with E-state index in [0.717, 1.165) is 22.4 Å². The van der Waals surface area contributed by atoms with Gasteiger partial charge in [0.15, 0.2) is 6.29 Å². The van der Waals surface area contributed by atoms with Gasteiger partial charge < -0.3 is 29.8 Å². The molecular formula is C35H44N6O9. The number of aromatic nitrogens is 2. The highest BCUT2D eigenvalue weighted by Crippen LogP contribution is 2.25. The van der Waals surface area contributed by atoms with E-state index >= 15 is 0 Å². The van der Waals surface area contributed by atoms with Gasteiger partial charge in [-0.1, -0.05) is 7.43 Å². The number of ether oxygens (including phenoxy) is 2. The van der Waals surface area contributed by atoms with Crippen molar-refractivity contribution >= 4 is 23.3 Å². The summed E-state index contributed by atoms with van der Waals surface area (Å²) in [5, 5.41) is 20.9. The van der Waals surface area contributed by atoms with E-state index in [9.17, 15) is 25.0 Å². The van der Waals surface area contributed by atoms with E-state index in [1.807, 2.05) is 39.0 Å². The Bertz CT molecular complexity index is 1750. The lowest BCUT2D eigenvalue weighted by Crippen LogP contribution is -2.26. The van der Waals surface area contributed by atoms with Crippen LogP contribution in [0.15, 0.2) is 88.4 Å². The zero-order chi connectivity index (χ0) is 36.3. The Hall–Kier alpha value is -5.77. The highest BCUT2D eigenvalue weighted by atomic mass is 16.7. The molecule has 0 saturated heterocycles. The van der Waals surface area contributed by atoms with Gasteiger partial charge in [0, 0.05) is 65.4 Å². The largest absolute Gasteiger partial charge is 0.445 e. The van der Waals surface area contributed by atoms with Gasteiger partial charge in [0.25, 0.3) is 11.4 Å². The molecule has 0 amide bonds. The first kappa shape index (κ1) is 42.3. The van der Waals surface area contributed by atoms with Gasteiger partial charge in [-0.3, -0.25) is 25.0 Å². The lowest BCUT2D eigenvalue weighted by Gasteiger charge is -2.13. The fourth-order valence-corrected chi connectivity index (χ4v) is 4.05. The van der Waals surface area contributed by atoms with E-state index in [1.54, 1.807) is 38.4 Å². The smallest absolute Gasteiger partial charge is 0.272 e. The maximum absolute atomic E-state index is 10.6. The summed E-state index contributed by atoms with van der Waals surface area (Å²) >= 11 is 0. The molecule has 4 N–H and O–H groups in total. The molecule has 0 fully saturated rings. The third-order valence-corrected chi connectivity index (χ3v) is 6.47. The van der Waals surface area contributed by atoms with Gasteiger partial charge in [-0.25, -0.2) is 9.97 Å². The second kappa shape index (κ2) is 22.0. The van der Waals surface area contributed by atoms with E-state index < -0.39 is 9.85 Å². The van der Waals surface area contributed by atoms with Gasteiger partial charge in [0.2, 0.25) is 11.8 Å². The maximum Gasteiger partial charge on any atom is 0.272 e. The molecule has 5 aromatic rings. The molecule has 2 aromatic heterocycles. The molecule has 15 nitrogen and oxygen atoms in total. The zero-order valence-electron chi connectivity index (χ0n) is 27.9. The van der Waals surface area contributed by atoms with Gasteiger partial charge in [0.1, 0.15) is 18.8 Å². The monoisotopic (exact) mass is 692 g/mol. The number of nitrogens with two attached hydrogens (primary N) is 2. The number of carbonyl (C=O) groups excluding carboxylic acids is 1. The number of oxazole rings is 2. The first-order valence-corrected chi connectivity index (χ1v) is 15.0. The minimum atomic E-state index is -0.468. The van der Waals surface area contributed by atoms with Gasteiger partial charge >= 0.3 is 0 Å². The SMILES string of the molecule is C.CCOC(CN)OCC.Cc1cc(-c2ncco2)ccc1N.Cc1cc(-c2ncco2)ccc1[N+](=O)[O-].Cc1cc(C=O)ccc1[N+](=O)[O-]. The Morgan fingerprint density at radius 2 is 1.24 bits per heavy atom. The minimum absolute atomic E-state index is 0. The Morgan fingerprint density at radius 1 is 0.780 bits per heavy atom. The molecule has 15 heteroatoms. The number of hydrogen-bond donors (Lipinski definition) is 2. The van der Waals surface area contributed by atoms with E-state index in [4.69, 9.17) is 29.8 Å². The van der Waals surface area contributed by atoms with Crippen molar-refractivity contribution in [3.8, 4) is 22.9 Å². The number of aldehydes is 1. The number of hydrogen-bond acceptors (Lipinski definition) is 13. The number of nitro benzene ring substituents is 2. The maximum atomic E-state index is 10.6. The molecule has 2 heterocycles. The molecule has 0 saturated carbocycles. The second-order valence-corrected chi connectivity index (χ2v) is 10.0. The van der Waals surface area contributed by atoms with Crippen molar-refractivity contribution in [2.45, 2.75) is 48.3 Å². The number of nitro groups is 2. The number of rotatable bonds is 10. The molecule has 268 valence electrons. The van der Waals surface area contributed by atoms with Crippen molar-refractivity contribution in [3.05, 3.63) is 122 Å². The molecule has 0 spiro atoms. The number of carbonyl (C=O) groups is 1. The number of nitrogen functional groups attached to an aromatic ring is 1. The number of nitrogens with zero attached hydrogens (tertiary/aromatic N) is 4. The van der Waals surface area contributed by atoms with Crippen LogP contribution < -0.4 is 11.5 Å². The molecule has 3 aromatic carbocycles.